The Labute approximate surface area is 194 Å². The molecular weight excluding hydrogens is 491 g/mol. The molecule has 1 heterocycles. The first-order chi connectivity index (χ1) is 15.6. The number of aryl methyl sites for hydroxylation is 2. The van der Waals surface area contributed by atoms with Gasteiger partial charge in [-0.3, -0.25) is 0 Å². The van der Waals surface area contributed by atoms with Crippen LogP contribution in [0.4, 0.5) is 30.7 Å². The van der Waals surface area contributed by atoms with Gasteiger partial charge in [0.05, 0.1) is 23.4 Å². The molecule has 0 aliphatic rings. The summed E-state index contributed by atoms with van der Waals surface area (Å²) in [5, 5.41) is 0.168. The summed E-state index contributed by atoms with van der Waals surface area (Å²) < 4.78 is 99.7. The smallest absolute Gasteiger partial charge is 0.435 e. The zero-order valence-corrected chi connectivity index (χ0v) is 18.7. The highest BCUT2D eigenvalue weighted by atomic mass is 35.5. The Morgan fingerprint density at radius 1 is 0.882 bits per heavy atom. The van der Waals surface area contributed by atoms with Crippen LogP contribution in [0.25, 0.3) is 16.8 Å². The zero-order valence-electron chi connectivity index (χ0n) is 17.9. The largest absolute Gasteiger partial charge is 0.465 e. The lowest BCUT2D eigenvalue weighted by Crippen LogP contribution is -2.50. The predicted octanol–water partition coefficient (Wildman–Crippen LogP) is 7.49. The van der Waals surface area contributed by atoms with Gasteiger partial charge in [-0.15, -0.1) is 0 Å². The van der Waals surface area contributed by atoms with Gasteiger partial charge in [0.1, 0.15) is 0 Å². The van der Waals surface area contributed by atoms with Crippen LogP contribution in [-0.2, 0) is 10.4 Å². The van der Waals surface area contributed by atoms with Crippen LogP contribution in [0.3, 0.4) is 0 Å². The summed E-state index contributed by atoms with van der Waals surface area (Å²) >= 11 is 6.02. The van der Waals surface area contributed by atoms with Crippen molar-refractivity contribution in [3.8, 4) is 16.8 Å². The average molecular weight is 508 g/mol. The third-order valence-corrected chi connectivity index (χ3v) is 5.66. The molecule has 182 valence electrons. The molecule has 0 aliphatic carbocycles. The number of nitrogens with zero attached hydrogens (tertiary/aromatic N) is 1. The van der Waals surface area contributed by atoms with Crippen molar-refractivity contribution in [1.82, 2.24) is 4.57 Å². The highest BCUT2D eigenvalue weighted by Crippen LogP contribution is 2.53. The fourth-order valence-corrected chi connectivity index (χ4v) is 3.92. The molecule has 3 rings (SSSR count). The van der Waals surface area contributed by atoms with Crippen molar-refractivity contribution in [2.24, 2.45) is 0 Å². The average Bonchev–Trinajstić information content (AvgIpc) is 3.20. The van der Waals surface area contributed by atoms with Crippen molar-refractivity contribution in [1.29, 1.82) is 0 Å². The third kappa shape index (κ3) is 4.26. The summed E-state index contributed by atoms with van der Waals surface area (Å²) in [6.45, 7) is 2.58. The number of benzene rings is 2. The molecule has 11 heteroatoms. The van der Waals surface area contributed by atoms with E-state index in [1.807, 2.05) is 0 Å². The van der Waals surface area contributed by atoms with Crippen LogP contribution < -0.4 is 0 Å². The number of ether oxygens (including phenoxy) is 1. The molecular formula is C23H17ClF7NO2. The zero-order chi connectivity index (χ0) is 25.6. The van der Waals surface area contributed by atoms with Crippen molar-refractivity contribution in [3.05, 3.63) is 76.1 Å². The second kappa shape index (κ2) is 8.65. The van der Waals surface area contributed by atoms with E-state index >= 15 is 0 Å². The molecule has 0 fully saturated rings. The second-order valence-electron chi connectivity index (χ2n) is 7.61. The van der Waals surface area contributed by atoms with Gasteiger partial charge in [-0.2, -0.15) is 26.3 Å². The molecule has 0 aliphatic heterocycles. The first-order valence-corrected chi connectivity index (χ1v) is 10.00. The van der Waals surface area contributed by atoms with E-state index in [9.17, 15) is 35.5 Å². The van der Waals surface area contributed by atoms with Crippen molar-refractivity contribution >= 4 is 17.6 Å². The van der Waals surface area contributed by atoms with Gasteiger partial charge < -0.3 is 9.30 Å². The van der Waals surface area contributed by atoms with E-state index in [4.69, 9.17) is 11.6 Å². The van der Waals surface area contributed by atoms with Gasteiger partial charge in [0.15, 0.2) is 0 Å². The van der Waals surface area contributed by atoms with E-state index in [0.29, 0.717) is 23.3 Å². The Morgan fingerprint density at radius 2 is 1.44 bits per heavy atom. The van der Waals surface area contributed by atoms with E-state index in [1.165, 1.54) is 43.9 Å². The van der Waals surface area contributed by atoms with Crippen LogP contribution in [-0.4, -0.2) is 30.0 Å². The molecule has 0 bridgehead atoms. The third-order valence-electron chi connectivity index (χ3n) is 5.33. The Hall–Kier alpha value is -3.01. The quantitative estimate of drug-likeness (QED) is 0.270. The molecule has 0 amide bonds. The lowest BCUT2D eigenvalue weighted by molar-refractivity contribution is -0.348. The van der Waals surface area contributed by atoms with E-state index in [0.717, 1.165) is 0 Å². The molecule has 1 aromatic heterocycles. The highest BCUT2D eigenvalue weighted by Gasteiger charge is 2.73. The minimum Gasteiger partial charge on any atom is -0.465 e. The molecule has 0 saturated heterocycles. The fourth-order valence-electron chi connectivity index (χ4n) is 3.73. The Bertz CT molecular complexity index is 1210. The molecule has 0 radical (unpaired) electrons. The van der Waals surface area contributed by atoms with Crippen LogP contribution in [0.5, 0.6) is 0 Å². The molecule has 0 N–H and O–H groups in total. The van der Waals surface area contributed by atoms with Crippen LogP contribution in [0, 0.1) is 13.8 Å². The van der Waals surface area contributed by atoms with Gasteiger partial charge in [-0.05, 0) is 54.3 Å². The first-order valence-electron chi connectivity index (χ1n) is 9.62. The normalized spacial score (nSPS) is 12.7. The van der Waals surface area contributed by atoms with Crippen molar-refractivity contribution in [3.63, 3.8) is 0 Å². The van der Waals surface area contributed by atoms with E-state index in [1.54, 1.807) is 18.3 Å². The maximum Gasteiger partial charge on any atom is 0.435 e. The van der Waals surface area contributed by atoms with Crippen LogP contribution >= 0.6 is 11.6 Å². The Balaban J connectivity index is 2.09. The fraction of sp³-hybridized carbons (Fsp3) is 0.261. The summed E-state index contributed by atoms with van der Waals surface area (Å²) in [5.41, 5.74) is -5.52. The number of hydrogen-bond acceptors (Lipinski definition) is 2. The van der Waals surface area contributed by atoms with E-state index < -0.39 is 29.6 Å². The van der Waals surface area contributed by atoms with Gasteiger partial charge >= 0.3 is 24.0 Å². The highest BCUT2D eigenvalue weighted by molar-refractivity contribution is 6.33. The number of aromatic nitrogens is 1. The number of methoxy groups -OCH3 is 1. The Morgan fingerprint density at radius 3 is 1.94 bits per heavy atom. The molecule has 0 unspecified atom stereocenters. The van der Waals surface area contributed by atoms with Gasteiger partial charge in [0.2, 0.25) is 0 Å². The number of carbonyl (C=O) groups excluding carboxylic acids is 1. The van der Waals surface area contributed by atoms with Crippen molar-refractivity contribution in [2.75, 3.05) is 7.11 Å². The minimum atomic E-state index is -6.20. The molecule has 2 aromatic carbocycles. The SMILES string of the molecule is COC(=O)c1cc(-c2ccn(-c3c(C)cc(C(F)(C(F)(F)F)C(F)(F)F)cc3C)c2)ccc1Cl. The van der Waals surface area contributed by atoms with Crippen molar-refractivity contribution in [2.45, 2.75) is 31.9 Å². The van der Waals surface area contributed by atoms with Crippen molar-refractivity contribution < 1.29 is 40.3 Å². The molecule has 0 saturated carbocycles. The topological polar surface area (TPSA) is 31.2 Å². The molecule has 3 aromatic rings. The van der Waals surface area contributed by atoms with E-state index in [2.05, 4.69) is 4.74 Å². The first kappa shape index (κ1) is 25.6. The van der Waals surface area contributed by atoms with Gasteiger partial charge in [0, 0.05) is 18.0 Å². The molecule has 3 nitrogen and oxygen atoms in total. The number of esters is 1. The van der Waals surface area contributed by atoms with Gasteiger partial charge in [-0.1, -0.05) is 29.8 Å². The lowest BCUT2D eigenvalue weighted by atomic mass is 9.90. The number of rotatable bonds is 4. The summed E-state index contributed by atoms with van der Waals surface area (Å²) in [4.78, 5) is 11.9. The van der Waals surface area contributed by atoms with Gasteiger partial charge in [-0.25, -0.2) is 9.18 Å². The minimum absolute atomic E-state index is 0.000897. The second-order valence-corrected chi connectivity index (χ2v) is 8.01. The van der Waals surface area contributed by atoms with Crippen LogP contribution in [0.15, 0.2) is 48.8 Å². The standard InChI is InChI=1S/C23H17ClF7NO2/c1-12-8-16(21(25,22(26,27)28)23(29,30)31)9-13(2)19(12)32-7-6-15(11-32)14-4-5-18(24)17(10-14)20(33)34-3/h4-11H,1-3H3. The Kier molecular flexibility index (Phi) is 6.51. The summed E-state index contributed by atoms with van der Waals surface area (Å²) in [6.07, 6.45) is -9.29. The number of hydrogen-bond donors (Lipinski definition) is 0. The predicted molar refractivity (Wildman–Crippen MR) is 112 cm³/mol. The maximum absolute atomic E-state index is 14.5. The summed E-state index contributed by atoms with van der Waals surface area (Å²) in [7, 11) is 1.20. The summed E-state index contributed by atoms with van der Waals surface area (Å²) in [6, 6.07) is 7.31. The van der Waals surface area contributed by atoms with Crippen LogP contribution in [0.1, 0.15) is 27.0 Å². The van der Waals surface area contributed by atoms with Gasteiger partial charge in [0.25, 0.3) is 0 Å². The number of halogens is 8. The number of carbonyl (C=O) groups is 1. The lowest BCUT2D eigenvalue weighted by Gasteiger charge is -2.31. The number of alkyl halides is 7. The van der Waals surface area contributed by atoms with Crippen LogP contribution in [0.2, 0.25) is 5.02 Å². The maximum atomic E-state index is 14.5. The molecule has 0 atom stereocenters. The monoisotopic (exact) mass is 507 g/mol. The molecule has 0 spiro atoms. The molecule has 34 heavy (non-hydrogen) atoms. The van der Waals surface area contributed by atoms with E-state index in [-0.39, 0.29) is 27.4 Å². The summed E-state index contributed by atoms with van der Waals surface area (Å²) in [5.74, 6) is -0.655.